The third-order valence-corrected chi connectivity index (χ3v) is 3.07. The molecule has 0 heterocycles. The van der Waals surface area contributed by atoms with Crippen LogP contribution in [0.1, 0.15) is 18.5 Å². The largest absolute Gasteiger partial charge is 0.464 e. The van der Waals surface area contributed by atoms with Crippen LogP contribution in [0.3, 0.4) is 0 Å². The van der Waals surface area contributed by atoms with Crippen LogP contribution in [0.15, 0.2) is 29.2 Å². The van der Waals surface area contributed by atoms with E-state index in [9.17, 15) is 9.18 Å². The number of rotatable bonds is 5. The highest BCUT2D eigenvalue weighted by Gasteiger charge is 2.27. The zero-order chi connectivity index (χ0) is 12.8. The first kappa shape index (κ1) is 14.0. The van der Waals surface area contributed by atoms with E-state index in [1.54, 1.807) is 30.8 Å². The van der Waals surface area contributed by atoms with Crippen LogP contribution in [-0.2, 0) is 9.53 Å². The van der Waals surface area contributed by atoms with Crippen molar-refractivity contribution in [1.82, 2.24) is 0 Å². The van der Waals surface area contributed by atoms with Gasteiger partial charge in [0, 0.05) is 4.90 Å². The lowest BCUT2D eigenvalue weighted by molar-refractivity contribution is -0.149. The van der Waals surface area contributed by atoms with Gasteiger partial charge in [-0.3, -0.25) is 0 Å². The maximum Gasteiger partial charge on any atom is 0.342 e. The Labute approximate surface area is 105 Å². The highest BCUT2D eigenvalue weighted by Crippen LogP contribution is 2.21. The van der Waals surface area contributed by atoms with Crippen LogP contribution in [0.5, 0.6) is 0 Å². The van der Waals surface area contributed by atoms with E-state index in [-0.39, 0.29) is 6.61 Å². The average Bonchev–Trinajstić information content (AvgIpc) is 2.37. The standard InChI is InChI=1S/C12H16FNO2S/c1-3-16-12(15)10(13)11(14)8-4-6-9(17-2)7-5-8/h4-7,10-11H,3,14H2,1-2H3/t10?,11-/m1/s1. The molecule has 0 fully saturated rings. The molecule has 94 valence electrons. The van der Waals surface area contributed by atoms with Gasteiger partial charge in [-0.25, -0.2) is 9.18 Å². The monoisotopic (exact) mass is 257 g/mol. The molecule has 0 aliphatic heterocycles. The predicted octanol–water partition coefficient (Wildman–Crippen LogP) is 2.31. The zero-order valence-electron chi connectivity index (χ0n) is 9.85. The molecule has 2 atom stereocenters. The van der Waals surface area contributed by atoms with Crippen LogP contribution < -0.4 is 5.73 Å². The van der Waals surface area contributed by atoms with Gasteiger partial charge < -0.3 is 10.5 Å². The number of nitrogens with two attached hydrogens (primary N) is 1. The van der Waals surface area contributed by atoms with Crippen molar-refractivity contribution in [2.24, 2.45) is 5.73 Å². The lowest BCUT2D eigenvalue weighted by atomic mass is 10.0. The topological polar surface area (TPSA) is 52.3 Å². The van der Waals surface area contributed by atoms with Crippen molar-refractivity contribution in [3.8, 4) is 0 Å². The fraction of sp³-hybridized carbons (Fsp3) is 0.417. The number of hydrogen-bond donors (Lipinski definition) is 1. The summed E-state index contributed by atoms with van der Waals surface area (Å²) in [4.78, 5) is 12.3. The van der Waals surface area contributed by atoms with Gasteiger partial charge in [0.15, 0.2) is 0 Å². The summed E-state index contributed by atoms with van der Waals surface area (Å²) in [6.07, 6.45) is 0.126. The molecule has 5 heteroatoms. The van der Waals surface area contributed by atoms with Gasteiger partial charge in [-0.05, 0) is 30.9 Å². The number of alkyl halides is 1. The smallest absolute Gasteiger partial charge is 0.342 e. The van der Waals surface area contributed by atoms with Crippen LogP contribution in [0.4, 0.5) is 4.39 Å². The SMILES string of the molecule is CCOC(=O)C(F)[C@H](N)c1ccc(SC)cc1. The average molecular weight is 257 g/mol. The van der Waals surface area contributed by atoms with E-state index in [2.05, 4.69) is 4.74 Å². The second-order valence-corrected chi connectivity index (χ2v) is 4.33. The summed E-state index contributed by atoms with van der Waals surface area (Å²) in [6, 6.07) is 6.16. The minimum Gasteiger partial charge on any atom is -0.464 e. The highest BCUT2D eigenvalue weighted by molar-refractivity contribution is 7.98. The number of benzene rings is 1. The maximum atomic E-state index is 13.6. The summed E-state index contributed by atoms with van der Waals surface area (Å²) < 4.78 is 18.2. The van der Waals surface area contributed by atoms with Crippen molar-refractivity contribution in [3.63, 3.8) is 0 Å². The quantitative estimate of drug-likeness (QED) is 0.649. The first-order chi connectivity index (χ1) is 8.10. The Morgan fingerprint density at radius 1 is 1.47 bits per heavy atom. The van der Waals surface area contributed by atoms with E-state index in [1.165, 1.54) is 0 Å². The lowest BCUT2D eigenvalue weighted by Crippen LogP contribution is -2.31. The van der Waals surface area contributed by atoms with Crippen molar-refractivity contribution in [3.05, 3.63) is 29.8 Å². The number of carbonyl (C=O) groups is 1. The fourth-order valence-corrected chi connectivity index (χ4v) is 1.77. The Kier molecular flexibility index (Phi) is 5.44. The first-order valence-electron chi connectivity index (χ1n) is 5.30. The molecule has 0 radical (unpaired) electrons. The summed E-state index contributed by atoms with van der Waals surface area (Å²) in [5.41, 5.74) is 6.27. The Hall–Kier alpha value is -1.07. The Morgan fingerprint density at radius 3 is 2.53 bits per heavy atom. The molecular weight excluding hydrogens is 241 g/mol. The second kappa shape index (κ2) is 6.61. The van der Waals surface area contributed by atoms with Gasteiger partial charge in [0.2, 0.25) is 6.17 Å². The first-order valence-corrected chi connectivity index (χ1v) is 6.52. The Morgan fingerprint density at radius 2 is 2.06 bits per heavy atom. The van der Waals surface area contributed by atoms with Crippen LogP contribution >= 0.6 is 11.8 Å². The van der Waals surface area contributed by atoms with Crippen molar-refractivity contribution >= 4 is 17.7 Å². The van der Waals surface area contributed by atoms with Gasteiger partial charge in [-0.2, -0.15) is 0 Å². The molecule has 0 aliphatic carbocycles. The van der Waals surface area contributed by atoms with Gasteiger partial charge in [0.25, 0.3) is 0 Å². The molecule has 17 heavy (non-hydrogen) atoms. The molecular formula is C12H16FNO2S. The van der Waals surface area contributed by atoms with Crippen molar-refractivity contribution < 1.29 is 13.9 Å². The normalized spacial score (nSPS) is 14.1. The van der Waals surface area contributed by atoms with E-state index in [1.807, 2.05) is 18.4 Å². The predicted molar refractivity (Wildman–Crippen MR) is 66.7 cm³/mol. The van der Waals surface area contributed by atoms with E-state index in [4.69, 9.17) is 5.73 Å². The summed E-state index contributed by atoms with van der Waals surface area (Å²) in [5.74, 6) is -0.908. The molecule has 0 saturated heterocycles. The number of hydrogen-bond acceptors (Lipinski definition) is 4. The van der Waals surface area contributed by atoms with Gasteiger partial charge in [0.05, 0.1) is 12.6 Å². The van der Waals surface area contributed by atoms with Crippen LogP contribution in [0.2, 0.25) is 0 Å². The molecule has 1 aromatic rings. The number of carbonyl (C=O) groups excluding carboxylic acids is 1. The molecule has 0 saturated carbocycles. The molecule has 0 spiro atoms. The number of thioether (sulfide) groups is 1. The van der Waals surface area contributed by atoms with E-state index in [0.717, 1.165) is 4.90 Å². The maximum absolute atomic E-state index is 13.6. The molecule has 0 bridgehead atoms. The van der Waals surface area contributed by atoms with Gasteiger partial charge in [0.1, 0.15) is 0 Å². The number of esters is 1. The minimum atomic E-state index is -1.82. The molecule has 1 aromatic carbocycles. The lowest BCUT2D eigenvalue weighted by Gasteiger charge is -2.16. The molecule has 0 aromatic heterocycles. The molecule has 1 unspecified atom stereocenters. The van der Waals surface area contributed by atoms with Crippen molar-refractivity contribution in [2.45, 2.75) is 24.0 Å². The summed E-state index contributed by atoms with van der Waals surface area (Å²) in [7, 11) is 0. The summed E-state index contributed by atoms with van der Waals surface area (Å²) in [5, 5.41) is 0. The van der Waals surface area contributed by atoms with E-state index in [0.29, 0.717) is 5.56 Å². The molecule has 0 amide bonds. The molecule has 0 aliphatic rings. The Balaban J connectivity index is 2.73. The van der Waals surface area contributed by atoms with Crippen molar-refractivity contribution in [1.29, 1.82) is 0 Å². The summed E-state index contributed by atoms with van der Waals surface area (Å²) >= 11 is 1.59. The van der Waals surface area contributed by atoms with Gasteiger partial charge >= 0.3 is 5.97 Å². The summed E-state index contributed by atoms with van der Waals surface area (Å²) in [6.45, 7) is 1.78. The molecule has 3 nitrogen and oxygen atoms in total. The van der Waals surface area contributed by atoms with Gasteiger partial charge in [-0.15, -0.1) is 11.8 Å². The van der Waals surface area contributed by atoms with Crippen LogP contribution in [-0.4, -0.2) is 25.0 Å². The second-order valence-electron chi connectivity index (χ2n) is 3.45. The zero-order valence-corrected chi connectivity index (χ0v) is 10.7. The van der Waals surface area contributed by atoms with Crippen LogP contribution in [0, 0.1) is 0 Å². The third kappa shape index (κ3) is 3.71. The highest BCUT2D eigenvalue weighted by atomic mass is 32.2. The fourth-order valence-electron chi connectivity index (χ4n) is 1.36. The van der Waals surface area contributed by atoms with Gasteiger partial charge in [-0.1, -0.05) is 12.1 Å². The van der Waals surface area contributed by atoms with Crippen LogP contribution in [0.25, 0.3) is 0 Å². The van der Waals surface area contributed by atoms with Crippen molar-refractivity contribution in [2.75, 3.05) is 12.9 Å². The number of halogens is 1. The minimum absolute atomic E-state index is 0.150. The molecule has 2 N–H and O–H groups in total. The number of ether oxygens (including phenoxy) is 1. The Bertz CT molecular complexity index is 369. The molecule has 1 rings (SSSR count). The third-order valence-electron chi connectivity index (χ3n) is 2.33. The van der Waals surface area contributed by atoms with E-state index < -0.39 is 18.2 Å². The van der Waals surface area contributed by atoms with E-state index >= 15 is 0 Å².